The van der Waals surface area contributed by atoms with E-state index in [0.29, 0.717) is 6.61 Å². The maximum absolute atomic E-state index is 5.57. The zero-order chi connectivity index (χ0) is 15.1. The lowest BCUT2D eigenvalue weighted by Gasteiger charge is -2.16. The van der Waals surface area contributed by atoms with Crippen LogP contribution in [-0.2, 0) is 6.54 Å². The number of hydrogen-bond acceptors (Lipinski definition) is 4. The van der Waals surface area contributed by atoms with Gasteiger partial charge in [0.2, 0.25) is 0 Å². The van der Waals surface area contributed by atoms with Crippen LogP contribution >= 0.6 is 11.3 Å². The van der Waals surface area contributed by atoms with Gasteiger partial charge in [-0.15, -0.1) is 17.8 Å². The van der Waals surface area contributed by atoms with Crippen LogP contribution in [0.15, 0.2) is 29.6 Å². The third-order valence-corrected chi connectivity index (χ3v) is 4.24. The Morgan fingerprint density at radius 2 is 2.24 bits per heavy atom. The predicted molar refractivity (Wildman–Crippen MR) is 87.5 cm³/mol. The number of benzene rings is 1. The number of para-hydroxylation sites is 1. The van der Waals surface area contributed by atoms with Crippen molar-refractivity contribution in [3.63, 3.8) is 0 Å². The Labute approximate surface area is 130 Å². The zero-order valence-electron chi connectivity index (χ0n) is 12.4. The number of nitrogens with one attached hydrogen (secondary N) is 1. The van der Waals surface area contributed by atoms with Gasteiger partial charge in [0, 0.05) is 23.2 Å². The SMILES string of the molecule is C#CCOc1ccccc1CNC(CC)c1nc(C)cs1. The monoisotopic (exact) mass is 300 g/mol. The molecule has 4 heteroatoms. The second-order valence-electron chi connectivity index (χ2n) is 4.77. The van der Waals surface area contributed by atoms with E-state index >= 15 is 0 Å². The molecule has 1 unspecified atom stereocenters. The molecule has 0 amide bonds. The molecule has 1 aromatic carbocycles. The van der Waals surface area contributed by atoms with Crippen molar-refractivity contribution in [2.45, 2.75) is 32.9 Å². The van der Waals surface area contributed by atoms with Crippen molar-refractivity contribution in [1.82, 2.24) is 10.3 Å². The Balaban J connectivity index is 2.03. The summed E-state index contributed by atoms with van der Waals surface area (Å²) < 4.78 is 5.57. The van der Waals surface area contributed by atoms with Crippen LogP contribution in [0.1, 0.15) is 35.7 Å². The van der Waals surface area contributed by atoms with E-state index < -0.39 is 0 Å². The molecule has 0 radical (unpaired) electrons. The van der Waals surface area contributed by atoms with Crippen molar-refractivity contribution in [3.05, 3.63) is 45.9 Å². The highest BCUT2D eigenvalue weighted by Gasteiger charge is 2.13. The molecule has 0 aliphatic heterocycles. The Hall–Kier alpha value is -1.83. The molecule has 1 atom stereocenters. The van der Waals surface area contributed by atoms with Crippen molar-refractivity contribution >= 4 is 11.3 Å². The molecule has 3 nitrogen and oxygen atoms in total. The molecule has 1 N–H and O–H groups in total. The zero-order valence-corrected chi connectivity index (χ0v) is 13.2. The highest BCUT2D eigenvalue weighted by Crippen LogP contribution is 2.23. The van der Waals surface area contributed by atoms with Gasteiger partial charge in [-0.05, 0) is 19.4 Å². The molecule has 0 aliphatic carbocycles. The molecule has 0 fully saturated rings. The van der Waals surface area contributed by atoms with Gasteiger partial charge in [0.15, 0.2) is 0 Å². The van der Waals surface area contributed by atoms with E-state index in [1.165, 1.54) is 0 Å². The van der Waals surface area contributed by atoms with E-state index in [2.05, 4.69) is 34.6 Å². The molecule has 110 valence electrons. The summed E-state index contributed by atoms with van der Waals surface area (Å²) in [5.74, 6) is 3.34. The number of nitrogens with zero attached hydrogens (tertiary/aromatic N) is 1. The van der Waals surface area contributed by atoms with Crippen LogP contribution in [0.4, 0.5) is 0 Å². The van der Waals surface area contributed by atoms with Crippen LogP contribution in [0.25, 0.3) is 0 Å². The number of thiazole rings is 1. The molecular formula is C17H20N2OS. The van der Waals surface area contributed by atoms with E-state index in [1.54, 1.807) is 11.3 Å². The smallest absolute Gasteiger partial charge is 0.148 e. The normalized spacial score (nSPS) is 11.9. The van der Waals surface area contributed by atoms with E-state index in [4.69, 9.17) is 11.2 Å². The second kappa shape index (κ2) is 7.82. The lowest BCUT2D eigenvalue weighted by molar-refractivity contribution is 0.363. The van der Waals surface area contributed by atoms with Gasteiger partial charge < -0.3 is 10.1 Å². The summed E-state index contributed by atoms with van der Waals surface area (Å²) in [5, 5.41) is 6.77. The van der Waals surface area contributed by atoms with Crippen molar-refractivity contribution in [3.8, 4) is 18.1 Å². The summed E-state index contributed by atoms with van der Waals surface area (Å²) >= 11 is 1.70. The first-order chi connectivity index (χ1) is 10.2. The number of hydrogen-bond donors (Lipinski definition) is 1. The first-order valence-corrected chi connectivity index (χ1v) is 7.92. The van der Waals surface area contributed by atoms with Gasteiger partial charge >= 0.3 is 0 Å². The van der Waals surface area contributed by atoms with Gasteiger partial charge in [0.05, 0.1) is 6.04 Å². The highest BCUT2D eigenvalue weighted by molar-refractivity contribution is 7.09. The fourth-order valence-electron chi connectivity index (χ4n) is 2.08. The fourth-order valence-corrected chi connectivity index (χ4v) is 3.04. The van der Waals surface area contributed by atoms with Gasteiger partial charge in [-0.3, -0.25) is 0 Å². The molecule has 2 rings (SSSR count). The number of terminal acetylenes is 1. The van der Waals surface area contributed by atoms with Gasteiger partial charge in [-0.25, -0.2) is 4.98 Å². The Morgan fingerprint density at radius 3 is 2.90 bits per heavy atom. The standard InChI is InChI=1S/C17H20N2OS/c1-4-10-20-16-9-7-6-8-14(16)11-18-15(5-2)17-19-13(3)12-21-17/h1,6-9,12,15,18H,5,10-11H2,2-3H3. The largest absolute Gasteiger partial charge is 0.481 e. The molecule has 1 heterocycles. The van der Waals surface area contributed by atoms with Crippen molar-refractivity contribution in [2.24, 2.45) is 0 Å². The molecule has 21 heavy (non-hydrogen) atoms. The quantitative estimate of drug-likeness (QED) is 0.792. The van der Waals surface area contributed by atoms with Crippen LogP contribution in [0, 0.1) is 19.3 Å². The van der Waals surface area contributed by atoms with Crippen molar-refractivity contribution < 1.29 is 4.74 Å². The molecular weight excluding hydrogens is 280 g/mol. The molecule has 0 bridgehead atoms. The number of rotatable bonds is 7. The average Bonchev–Trinajstić information content (AvgIpc) is 2.93. The summed E-state index contributed by atoms with van der Waals surface area (Å²) in [5.41, 5.74) is 2.19. The predicted octanol–water partition coefficient (Wildman–Crippen LogP) is 3.70. The summed E-state index contributed by atoms with van der Waals surface area (Å²) in [6.45, 7) is 5.21. The third kappa shape index (κ3) is 4.32. The van der Waals surface area contributed by atoms with E-state index in [1.807, 2.05) is 25.1 Å². The van der Waals surface area contributed by atoms with E-state index in [0.717, 1.165) is 35.0 Å². The van der Waals surface area contributed by atoms with Crippen LogP contribution < -0.4 is 10.1 Å². The maximum atomic E-state index is 5.57. The summed E-state index contributed by atoms with van der Waals surface area (Å²) in [6.07, 6.45) is 6.25. The van der Waals surface area contributed by atoms with Gasteiger partial charge in [-0.2, -0.15) is 0 Å². The summed E-state index contributed by atoms with van der Waals surface area (Å²) in [6, 6.07) is 8.23. The minimum absolute atomic E-state index is 0.268. The number of ether oxygens (including phenoxy) is 1. The average molecular weight is 300 g/mol. The minimum atomic E-state index is 0.268. The van der Waals surface area contributed by atoms with Crippen LogP contribution in [-0.4, -0.2) is 11.6 Å². The Bertz CT molecular complexity index is 615. The topological polar surface area (TPSA) is 34.1 Å². The number of aromatic nitrogens is 1. The first kappa shape index (κ1) is 15.6. The molecule has 0 aliphatic rings. The fraction of sp³-hybridized carbons (Fsp3) is 0.353. The van der Waals surface area contributed by atoms with Gasteiger partial charge in [-0.1, -0.05) is 31.0 Å². The number of aryl methyl sites for hydroxylation is 1. The minimum Gasteiger partial charge on any atom is -0.481 e. The van der Waals surface area contributed by atoms with Gasteiger partial charge in [0.1, 0.15) is 17.4 Å². The molecule has 1 aromatic heterocycles. The van der Waals surface area contributed by atoms with Crippen molar-refractivity contribution in [2.75, 3.05) is 6.61 Å². The van der Waals surface area contributed by atoms with Crippen LogP contribution in [0.3, 0.4) is 0 Å². The Morgan fingerprint density at radius 1 is 1.43 bits per heavy atom. The highest BCUT2D eigenvalue weighted by atomic mass is 32.1. The van der Waals surface area contributed by atoms with E-state index in [9.17, 15) is 0 Å². The molecule has 0 spiro atoms. The second-order valence-corrected chi connectivity index (χ2v) is 5.66. The lowest BCUT2D eigenvalue weighted by Crippen LogP contribution is -2.20. The summed E-state index contributed by atoms with van der Waals surface area (Å²) in [4.78, 5) is 4.56. The molecule has 2 aromatic rings. The third-order valence-electron chi connectivity index (χ3n) is 3.17. The van der Waals surface area contributed by atoms with E-state index in [-0.39, 0.29) is 6.04 Å². The van der Waals surface area contributed by atoms with Crippen molar-refractivity contribution in [1.29, 1.82) is 0 Å². The summed E-state index contributed by atoms with van der Waals surface area (Å²) in [7, 11) is 0. The lowest BCUT2D eigenvalue weighted by atomic mass is 10.1. The maximum Gasteiger partial charge on any atom is 0.148 e. The Kier molecular flexibility index (Phi) is 5.79. The molecule has 0 saturated heterocycles. The first-order valence-electron chi connectivity index (χ1n) is 7.04. The van der Waals surface area contributed by atoms with Crippen LogP contribution in [0.5, 0.6) is 5.75 Å². The van der Waals surface area contributed by atoms with Gasteiger partial charge in [0.25, 0.3) is 0 Å². The molecule has 0 saturated carbocycles. The van der Waals surface area contributed by atoms with Crippen LogP contribution in [0.2, 0.25) is 0 Å².